The Bertz CT molecular complexity index is 1570. The molecule has 0 unspecified atom stereocenters. The summed E-state index contributed by atoms with van der Waals surface area (Å²) in [5.74, 6) is 0. The average molecular weight is 496 g/mol. The molecule has 7 rings (SSSR count). The molecule has 38 heavy (non-hydrogen) atoms. The molecule has 0 saturated heterocycles. The molecular weight excluding hydrogens is 462 g/mol. The SMILES string of the molecule is CC1(C)OC2(CCCC2)c2ccc(-c3ccc(N(c4ccccc4)c4ccccc4)c4ccccc34)cc21. The molecule has 0 bridgehead atoms. The molecule has 2 heteroatoms. The molecule has 0 N–H and O–H groups in total. The monoisotopic (exact) mass is 495 g/mol. The highest BCUT2D eigenvalue weighted by Crippen LogP contribution is 2.55. The van der Waals surface area contributed by atoms with Gasteiger partial charge in [0.05, 0.1) is 16.9 Å². The maximum Gasteiger partial charge on any atom is 0.0946 e. The maximum atomic E-state index is 6.79. The molecule has 0 radical (unpaired) electrons. The van der Waals surface area contributed by atoms with Crippen LogP contribution in [0.15, 0.2) is 115 Å². The number of rotatable bonds is 4. The fourth-order valence-corrected chi connectivity index (χ4v) is 6.83. The van der Waals surface area contributed by atoms with Crippen molar-refractivity contribution in [3.63, 3.8) is 0 Å². The summed E-state index contributed by atoms with van der Waals surface area (Å²) in [5.41, 5.74) is 8.38. The van der Waals surface area contributed by atoms with Crippen LogP contribution in [0.5, 0.6) is 0 Å². The number of fused-ring (bicyclic) bond motifs is 3. The highest BCUT2D eigenvalue weighted by atomic mass is 16.5. The predicted octanol–water partition coefficient (Wildman–Crippen LogP) is 10.0. The number of nitrogens with zero attached hydrogens (tertiary/aromatic N) is 1. The highest BCUT2D eigenvalue weighted by Gasteiger charge is 2.50. The predicted molar refractivity (Wildman–Crippen MR) is 158 cm³/mol. The molecule has 1 fully saturated rings. The van der Waals surface area contributed by atoms with Crippen molar-refractivity contribution >= 4 is 27.8 Å². The average Bonchev–Trinajstić information content (AvgIpc) is 3.51. The van der Waals surface area contributed by atoms with E-state index < -0.39 is 0 Å². The number of hydrogen-bond acceptors (Lipinski definition) is 2. The van der Waals surface area contributed by atoms with Crippen LogP contribution < -0.4 is 4.90 Å². The third kappa shape index (κ3) is 3.67. The number of hydrogen-bond donors (Lipinski definition) is 0. The van der Waals surface area contributed by atoms with Crippen LogP contribution in [0.3, 0.4) is 0 Å². The molecule has 1 aliphatic carbocycles. The molecule has 0 aromatic heterocycles. The van der Waals surface area contributed by atoms with E-state index >= 15 is 0 Å². The van der Waals surface area contributed by atoms with Crippen LogP contribution in [0, 0.1) is 0 Å². The van der Waals surface area contributed by atoms with Crippen molar-refractivity contribution in [3.8, 4) is 11.1 Å². The largest absolute Gasteiger partial charge is 0.360 e. The second kappa shape index (κ2) is 8.85. The first kappa shape index (κ1) is 23.3. The van der Waals surface area contributed by atoms with Crippen molar-refractivity contribution in [2.24, 2.45) is 0 Å². The van der Waals surface area contributed by atoms with Crippen molar-refractivity contribution in [2.45, 2.75) is 50.7 Å². The minimum atomic E-state index is -0.275. The van der Waals surface area contributed by atoms with Gasteiger partial charge in [0.2, 0.25) is 0 Å². The molecule has 0 atom stereocenters. The number of benzene rings is 5. The normalized spacial score (nSPS) is 17.1. The lowest BCUT2D eigenvalue weighted by molar-refractivity contribution is -0.122. The molecule has 1 heterocycles. The first-order valence-electron chi connectivity index (χ1n) is 13.8. The Kier molecular flexibility index (Phi) is 5.42. The standard InChI is InChI=1S/C36H33NO/c1-35(2)33-25-26(19-21-32(33)36(38-35)23-11-12-24-36)29-20-22-34(31-18-10-9-17-30(29)31)37(27-13-5-3-6-14-27)28-15-7-4-8-16-28/h3-10,13-22,25H,11-12,23-24H2,1-2H3. The Morgan fingerprint density at radius 2 is 1.21 bits per heavy atom. The van der Waals surface area contributed by atoms with Crippen LogP contribution in [0.4, 0.5) is 17.1 Å². The van der Waals surface area contributed by atoms with Gasteiger partial charge in [0.15, 0.2) is 0 Å². The van der Waals surface area contributed by atoms with E-state index in [0.717, 1.165) is 24.2 Å². The van der Waals surface area contributed by atoms with Gasteiger partial charge in [0, 0.05) is 16.8 Å². The van der Waals surface area contributed by atoms with E-state index in [1.54, 1.807) is 0 Å². The fourth-order valence-electron chi connectivity index (χ4n) is 6.83. The zero-order valence-corrected chi connectivity index (χ0v) is 22.2. The van der Waals surface area contributed by atoms with Gasteiger partial charge in [-0.2, -0.15) is 0 Å². The summed E-state index contributed by atoms with van der Waals surface area (Å²) in [5, 5.41) is 2.50. The van der Waals surface area contributed by atoms with E-state index in [1.165, 1.54) is 51.6 Å². The Balaban J connectivity index is 1.40. The van der Waals surface area contributed by atoms with Crippen LogP contribution in [-0.4, -0.2) is 0 Å². The van der Waals surface area contributed by atoms with Gasteiger partial charge in [-0.25, -0.2) is 0 Å². The zero-order chi connectivity index (χ0) is 25.7. The maximum absolute atomic E-state index is 6.79. The summed E-state index contributed by atoms with van der Waals surface area (Å²) in [6.07, 6.45) is 4.77. The highest BCUT2D eigenvalue weighted by molar-refractivity contribution is 6.06. The third-order valence-electron chi connectivity index (χ3n) is 8.50. The van der Waals surface area contributed by atoms with Crippen LogP contribution in [0.1, 0.15) is 50.7 Å². The van der Waals surface area contributed by atoms with E-state index in [1.807, 2.05) is 0 Å². The molecule has 1 aliphatic heterocycles. The lowest BCUT2D eigenvalue weighted by Gasteiger charge is -2.28. The number of para-hydroxylation sites is 2. The lowest BCUT2D eigenvalue weighted by atomic mass is 9.85. The van der Waals surface area contributed by atoms with Crippen molar-refractivity contribution in [3.05, 3.63) is 126 Å². The molecule has 188 valence electrons. The smallest absolute Gasteiger partial charge is 0.0946 e. The second-order valence-electron chi connectivity index (χ2n) is 11.3. The Morgan fingerprint density at radius 3 is 1.87 bits per heavy atom. The third-order valence-corrected chi connectivity index (χ3v) is 8.50. The summed E-state index contributed by atoms with van der Waals surface area (Å²) in [4.78, 5) is 2.36. The van der Waals surface area contributed by atoms with Gasteiger partial charge in [-0.1, -0.05) is 91.7 Å². The van der Waals surface area contributed by atoms with Crippen LogP contribution in [0.25, 0.3) is 21.9 Å². The van der Waals surface area contributed by atoms with Gasteiger partial charge in [-0.15, -0.1) is 0 Å². The summed E-state index contributed by atoms with van der Waals surface area (Å²) < 4.78 is 6.79. The van der Waals surface area contributed by atoms with E-state index in [2.05, 4.69) is 134 Å². The zero-order valence-electron chi connectivity index (χ0n) is 22.2. The van der Waals surface area contributed by atoms with Crippen LogP contribution in [0.2, 0.25) is 0 Å². The number of ether oxygens (including phenoxy) is 1. The van der Waals surface area contributed by atoms with Gasteiger partial charge in [-0.3, -0.25) is 0 Å². The Morgan fingerprint density at radius 1 is 0.605 bits per heavy atom. The summed E-state index contributed by atoms with van der Waals surface area (Å²) >= 11 is 0. The second-order valence-corrected chi connectivity index (χ2v) is 11.3. The molecule has 2 nitrogen and oxygen atoms in total. The first-order chi connectivity index (χ1) is 18.6. The van der Waals surface area contributed by atoms with Gasteiger partial charge >= 0.3 is 0 Å². The number of anilines is 3. The van der Waals surface area contributed by atoms with Crippen molar-refractivity contribution in [2.75, 3.05) is 4.90 Å². The fraction of sp³-hybridized carbons (Fsp3) is 0.222. The van der Waals surface area contributed by atoms with E-state index in [4.69, 9.17) is 4.74 Å². The molecule has 0 amide bonds. The summed E-state index contributed by atoms with van der Waals surface area (Å²) in [7, 11) is 0. The Hall–Kier alpha value is -3.88. The molecular formula is C36H33NO. The van der Waals surface area contributed by atoms with E-state index in [9.17, 15) is 0 Å². The van der Waals surface area contributed by atoms with Crippen LogP contribution in [-0.2, 0) is 15.9 Å². The van der Waals surface area contributed by atoms with Gasteiger partial charge < -0.3 is 9.64 Å². The quantitative estimate of drug-likeness (QED) is 0.246. The van der Waals surface area contributed by atoms with Gasteiger partial charge in [0.1, 0.15) is 0 Å². The minimum absolute atomic E-state index is 0.0881. The molecule has 5 aromatic rings. The molecule has 2 aliphatic rings. The molecule has 1 spiro atoms. The summed E-state index contributed by atoms with van der Waals surface area (Å²) in [6.45, 7) is 4.48. The molecule has 1 saturated carbocycles. The lowest BCUT2D eigenvalue weighted by Crippen LogP contribution is -2.25. The van der Waals surface area contributed by atoms with Gasteiger partial charge in [0.25, 0.3) is 0 Å². The summed E-state index contributed by atoms with van der Waals surface area (Å²) in [6, 6.07) is 41.7. The van der Waals surface area contributed by atoms with Crippen molar-refractivity contribution in [1.82, 2.24) is 0 Å². The van der Waals surface area contributed by atoms with E-state index in [-0.39, 0.29) is 11.2 Å². The topological polar surface area (TPSA) is 12.5 Å². The van der Waals surface area contributed by atoms with E-state index in [0.29, 0.717) is 0 Å². The van der Waals surface area contributed by atoms with Crippen molar-refractivity contribution < 1.29 is 4.74 Å². The Labute approximate surface area is 225 Å². The van der Waals surface area contributed by atoms with Crippen LogP contribution >= 0.6 is 0 Å². The van der Waals surface area contributed by atoms with Gasteiger partial charge in [-0.05, 0) is 90.7 Å². The molecule has 5 aromatic carbocycles. The van der Waals surface area contributed by atoms with Crippen molar-refractivity contribution in [1.29, 1.82) is 0 Å². The first-order valence-corrected chi connectivity index (χ1v) is 13.8. The minimum Gasteiger partial charge on any atom is -0.360 e.